The lowest BCUT2D eigenvalue weighted by molar-refractivity contribution is -0.120. The van der Waals surface area contributed by atoms with E-state index in [4.69, 9.17) is 0 Å². The smallest absolute Gasteiger partial charge is 0.254 e. The van der Waals surface area contributed by atoms with Gasteiger partial charge in [-0.2, -0.15) is 0 Å². The highest BCUT2D eigenvalue weighted by molar-refractivity contribution is 5.97. The van der Waals surface area contributed by atoms with Crippen LogP contribution in [0, 0.1) is 13.8 Å². The van der Waals surface area contributed by atoms with E-state index in [-0.39, 0.29) is 17.9 Å². The minimum Gasteiger partial charge on any atom is -0.348 e. The van der Waals surface area contributed by atoms with Gasteiger partial charge in [0.05, 0.1) is 6.04 Å². The lowest BCUT2D eigenvalue weighted by Crippen LogP contribution is -2.62. The van der Waals surface area contributed by atoms with Crippen molar-refractivity contribution in [2.75, 3.05) is 39.8 Å². The molecule has 34 heavy (non-hydrogen) atoms. The average Bonchev–Trinajstić information content (AvgIpc) is 2.80. The second-order valence-corrected chi connectivity index (χ2v) is 9.99. The summed E-state index contributed by atoms with van der Waals surface area (Å²) in [7, 11) is 2.23. The molecule has 2 heterocycles. The Balaban J connectivity index is 1.27. The van der Waals surface area contributed by atoms with E-state index in [1.165, 1.54) is 0 Å². The quantitative estimate of drug-likeness (QED) is 0.685. The first-order valence-corrected chi connectivity index (χ1v) is 12.4. The van der Waals surface area contributed by atoms with Gasteiger partial charge < -0.3 is 10.2 Å². The van der Waals surface area contributed by atoms with Crippen molar-refractivity contribution in [3.05, 3.63) is 70.8 Å². The van der Waals surface area contributed by atoms with Gasteiger partial charge in [0, 0.05) is 57.3 Å². The summed E-state index contributed by atoms with van der Waals surface area (Å²) in [5.74, 6) is 0.182. The number of amides is 2. The van der Waals surface area contributed by atoms with Gasteiger partial charge in [-0.15, -0.1) is 0 Å². The highest BCUT2D eigenvalue weighted by atomic mass is 16.2. The fourth-order valence-electron chi connectivity index (χ4n) is 5.46. The molecular weight excluding hydrogens is 424 g/mol. The second kappa shape index (κ2) is 10.7. The molecule has 6 heteroatoms. The Bertz CT molecular complexity index is 974. The highest BCUT2D eigenvalue weighted by Crippen LogP contribution is 2.26. The lowest BCUT2D eigenvalue weighted by atomic mass is 9.96. The monoisotopic (exact) mass is 462 g/mol. The normalized spacial score (nSPS) is 18.6. The number of hydrogen-bond donors (Lipinski definition) is 1. The summed E-state index contributed by atoms with van der Waals surface area (Å²) < 4.78 is 0. The van der Waals surface area contributed by atoms with E-state index in [1.54, 1.807) is 6.92 Å². The minimum absolute atomic E-state index is 0.00485. The van der Waals surface area contributed by atoms with Crippen molar-refractivity contribution < 1.29 is 9.59 Å². The predicted molar refractivity (Wildman–Crippen MR) is 136 cm³/mol. The van der Waals surface area contributed by atoms with E-state index in [1.807, 2.05) is 55.1 Å². The SMILES string of the molecule is CC(=O)NC(CN1CC(N(C)C2CCN(C(=O)c3c(C)cccc3C)CC2)C1)c1ccccc1. The standard InChI is InChI=1S/C28H38N4O2/c1-20-9-8-10-21(2)27(20)28(34)32-15-13-24(14-16-32)30(4)25-17-31(18-25)19-26(29-22(3)33)23-11-6-5-7-12-23/h5-12,24-26H,13-19H2,1-4H3,(H,29,33). The van der Waals surface area contributed by atoms with E-state index in [2.05, 4.69) is 34.3 Å². The van der Waals surface area contributed by atoms with Crippen LogP contribution in [0.4, 0.5) is 0 Å². The van der Waals surface area contributed by atoms with Crippen LogP contribution in [-0.4, -0.2) is 78.4 Å². The Kier molecular flexibility index (Phi) is 7.69. The van der Waals surface area contributed by atoms with Crippen molar-refractivity contribution in [3.8, 4) is 0 Å². The van der Waals surface area contributed by atoms with Gasteiger partial charge in [-0.05, 0) is 50.4 Å². The van der Waals surface area contributed by atoms with Crippen molar-refractivity contribution >= 4 is 11.8 Å². The third-order valence-electron chi connectivity index (χ3n) is 7.56. The summed E-state index contributed by atoms with van der Waals surface area (Å²) in [6.07, 6.45) is 2.03. The van der Waals surface area contributed by atoms with Gasteiger partial charge in [0.1, 0.15) is 0 Å². The maximum atomic E-state index is 13.1. The van der Waals surface area contributed by atoms with Crippen molar-refractivity contribution in [1.29, 1.82) is 0 Å². The van der Waals surface area contributed by atoms with Gasteiger partial charge in [-0.25, -0.2) is 0 Å². The lowest BCUT2D eigenvalue weighted by Gasteiger charge is -2.49. The molecule has 182 valence electrons. The molecule has 2 aliphatic heterocycles. The van der Waals surface area contributed by atoms with Crippen LogP contribution in [0.25, 0.3) is 0 Å². The molecule has 2 fully saturated rings. The molecule has 1 N–H and O–H groups in total. The fourth-order valence-corrected chi connectivity index (χ4v) is 5.46. The van der Waals surface area contributed by atoms with Crippen LogP contribution >= 0.6 is 0 Å². The maximum absolute atomic E-state index is 13.1. The zero-order chi connectivity index (χ0) is 24.2. The molecular formula is C28H38N4O2. The van der Waals surface area contributed by atoms with E-state index in [0.29, 0.717) is 12.1 Å². The van der Waals surface area contributed by atoms with Crippen molar-refractivity contribution in [2.45, 2.75) is 51.7 Å². The topological polar surface area (TPSA) is 55.9 Å². The molecule has 4 rings (SSSR count). The van der Waals surface area contributed by atoms with Gasteiger partial charge >= 0.3 is 0 Å². The number of likely N-dealkylation sites (tertiary alicyclic amines) is 2. The van der Waals surface area contributed by atoms with Crippen LogP contribution in [-0.2, 0) is 4.79 Å². The number of hydrogen-bond acceptors (Lipinski definition) is 4. The van der Waals surface area contributed by atoms with Crippen LogP contribution in [0.2, 0.25) is 0 Å². The molecule has 2 amide bonds. The van der Waals surface area contributed by atoms with E-state index in [0.717, 1.165) is 67.8 Å². The molecule has 1 unspecified atom stereocenters. The number of piperidine rings is 1. The Labute approximate surface area is 203 Å². The number of nitrogens with one attached hydrogen (secondary N) is 1. The molecule has 2 aromatic rings. The minimum atomic E-state index is 0.00485. The van der Waals surface area contributed by atoms with Crippen LogP contribution in [0.3, 0.4) is 0 Å². The molecule has 0 saturated carbocycles. The molecule has 0 bridgehead atoms. The molecule has 2 aromatic carbocycles. The molecule has 2 saturated heterocycles. The molecule has 0 aromatic heterocycles. The van der Waals surface area contributed by atoms with Crippen LogP contribution in [0.15, 0.2) is 48.5 Å². The van der Waals surface area contributed by atoms with E-state index < -0.39 is 0 Å². The van der Waals surface area contributed by atoms with Gasteiger partial charge in [0.2, 0.25) is 5.91 Å². The Morgan fingerprint density at radius 3 is 2.18 bits per heavy atom. The summed E-state index contributed by atoms with van der Waals surface area (Å²) >= 11 is 0. The highest BCUT2D eigenvalue weighted by Gasteiger charge is 2.36. The first-order chi connectivity index (χ1) is 16.3. The number of nitrogens with zero attached hydrogens (tertiary/aromatic N) is 3. The summed E-state index contributed by atoms with van der Waals surface area (Å²) in [4.78, 5) is 31.8. The largest absolute Gasteiger partial charge is 0.348 e. The zero-order valence-electron chi connectivity index (χ0n) is 21.0. The van der Waals surface area contributed by atoms with Gasteiger partial charge in [0.15, 0.2) is 0 Å². The second-order valence-electron chi connectivity index (χ2n) is 9.99. The van der Waals surface area contributed by atoms with E-state index in [9.17, 15) is 9.59 Å². The number of carbonyl (C=O) groups excluding carboxylic acids is 2. The van der Waals surface area contributed by atoms with Crippen LogP contribution in [0.5, 0.6) is 0 Å². The first-order valence-electron chi connectivity index (χ1n) is 12.4. The summed E-state index contributed by atoms with van der Waals surface area (Å²) in [6, 6.07) is 17.3. The van der Waals surface area contributed by atoms with Gasteiger partial charge in [-0.3, -0.25) is 19.4 Å². The van der Waals surface area contributed by atoms with Gasteiger partial charge in [-0.1, -0.05) is 48.5 Å². The fraction of sp³-hybridized carbons (Fsp3) is 0.500. The number of aryl methyl sites for hydroxylation is 2. The Morgan fingerprint density at radius 1 is 0.971 bits per heavy atom. The molecule has 6 nitrogen and oxygen atoms in total. The van der Waals surface area contributed by atoms with Crippen molar-refractivity contribution in [3.63, 3.8) is 0 Å². The maximum Gasteiger partial charge on any atom is 0.254 e. The van der Waals surface area contributed by atoms with Crippen molar-refractivity contribution in [1.82, 2.24) is 20.0 Å². The Hall–Kier alpha value is -2.70. The molecule has 0 radical (unpaired) electrons. The third kappa shape index (κ3) is 5.50. The van der Waals surface area contributed by atoms with Crippen LogP contribution in [0.1, 0.15) is 52.9 Å². The summed E-state index contributed by atoms with van der Waals surface area (Å²) in [5, 5.41) is 3.11. The molecule has 2 aliphatic rings. The van der Waals surface area contributed by atoms with Crippen LogP contribution < -0.4 is 5.32 Å². The third-order valence-corrected chi connectivity index (χ3v) is 7.56. The Morgan fingerprint density at radius 2 is 1.59 bits per heavy atom. The average molecular weight is 463 g/mol. The molecule has 0 aliphatic carbocycles. The summed E-state index contributed by atoms with van der Waals surface area (Å²) in [5.41, 5.74) is 4.14. The van der Waals surface area contributed by atoms with Gasteiger partial charge in [0.25, 0.3) is 5.91 Å². The summed E-state index contributed by atoms with van der Waals surface area (Å²) in [6.45, 7) is 10.1. The molecule has 0 spiro atoms. The number of benzene rings is 2. The zero-order valence-corrected chi connectivity index (χ0v) is 21.0. The van der Waals surface area contributed by atoms with E-state index >= 15 is 0 Å². The first kappa shape index (κ1) is 24.4. The number of likely N-dealkylation sites (N-methyl/N-ethyl adjacent to an activating group) is 1. The number of rotatable bonds is 7. The number of carbonyl (C=O) groups is 2. The van der Waals surface area contributed by atoms with Crippen molar-refractivity contribution in [2.24, 2.45) is 0 Å². The molecule has 1 atom stereocenters. The predicted octanol–water partition coefficient (Wildman–Crippen LogP) is 3.40.